The Morgan fingerprint density at radius 3 is 2.43 bits per heavy atom. The second-order valence-corrected chi connectivity index (χ2v) is 7.30. The molecule has 1 fully saturated rings. The number of aromatic nitrogens is 2. The van der Waals surface area contributed by atoms with Gasteiger partial charge in [0.15, 0.2) is 11.5 Å². The number of benzene rings is 1. The number of fused-ring (bicyclic) bond motifs is 7. The van der Waals surface area contributed by atoms with Gasteiger partial charge >= 0.3 is 0 Å². The molecule has 2 unspecified atom stereocenters. The van der Waals surface area contributed by atoms with E-state index in [2.05, 4.69) is 20.8 Å². The largest absolute Gasteiger partial charge is 0.454 e. The number of rotatable bonds is 0. The minimum Gasteiger partial charge on any atom is -0.454 e. The fourth-order valence-corrected chi connectivity index (χ4v) is 4.51. The average Bonchev–Trinajstić information content (AvgIpc) is 3.02. The first-order valence-electron chi connectivity index (χ1n) is 7.62. The van der Waals surface area contributed by atoms with Crippen LogP contribution in [-0.2, 0) is 5.41 Å². The molecule has 0 spiro atoms. The topological polar surface area (TPSA) is 44.2 Å². The molecule has 2 aromatic rings. The van der Waals surface area contributed by atoms with E-state index in [9.17, 15) is 0 Å². The summed E-state index contributed by atoms with van der Waals surface area (Å²) >= 11 is 0. The Bertz CT molecular complexity index is 799. The number of ether oxygens (including phenoxy) is 2. The molecule has 2 atom stereocenters. The second-order valence-electron chi connectivity index (χ2n) is 7.30. The lowest BCUT2D eigenvalue weighted by molar-refractivity contribution is 0.174. The maximum Gasteiger partial charge on any atom is 0.231 e. The summed E-state index contributed by atoms with van der Waals surface area (Å²) in [7, 11) is 0. The first-order chi connectivity index (χ1) is 10.0. The number of nitrogens with zero attached hydrogens (tertiary/aromatic N) is 2. The van der Waals surface area contributed by atoms with Gasteiger partial charge in [-0.05, 0) is 18.3 Å². The van der Waals surface area contributed by atoms with Gasteiger partial charge in [-0.15, -0.1) is 0 Å². The van der Waals surface area contributed by atoms with Crippen LogP contribution in [-0.4, -0.2) is 16.8 Å². The van der Waals surface area contributed by atoms with Crippen LogP contribution in [0.3, 0.4) is 0 Å². The molecular weight excluding hydrogens is 264 g/mol. The zero-order chi connectivity index (χ0) is 14.4. The Morgan fingerprint density at radius 2 is 1.71 bits per heavy atom. The lowest BCUT2D eigenvalue weighted by Gasteiger charge is -2.34. The van der Waals surface area contributed by atoms with Gasteiger partial charge in [-0.2, -0.15) is 0 Å². The van der Waals surface area contributed by atoms with E-state index in [-0.39, 0.29) is 10.8 Å². The zero-order valence-corrected chi connectivity index (χ0v) is 12.6. The third-order valence-corrected chi connectivity index (χ3v) is 6.26. The van der Waals surface area contributed by atoms with Crippen molar-refractivity contribution >= 4 is 11.0 Å². The molecule has 3 aliphatic rings. The van der Waals surface area contributed by atoms with Crippen LogP contribution in [0, 0.1) is 5.41 Å². The van der Waals surface area contributed by atoms with E-state index in [4.69, 9.17) is 19.4 Å². The molecule has 1 aliphatic heterocycles. The van der Waals surface area contributed by atoms with Crippen molar-refractivity contribution in [2.24, 2.45) is 5.41 Å². The number of hydrogen-bond acceptors (Lipinski definition) is 4. The van der Waals surface area contributed by atoms with Crippen molar-refractivity contribution in [2.75, 3.05) is 6.79 Å². The summed E-state index contributed by atoms with van der Waals surface area (Å²) in [6.45, 7) is 7.38. The highest BCUT2D eigenvalue weighted by molar-refractivity contribution is 5.80. The Balaban J connectivity index is 1.82. The molecule has 1 aromatic heterocycles. The summed E-state index contributed by atoms with van der Waals surface area (Å²) < 4.78 is 10.9. The molecule has 2 heterocycles. The molecule has 21 heavy (non-hydrogen) atoms. The molecule has 4 nitrogen and oxygen atoms in total. The number of hydrogen-bond donors (Lipinski definition) is 0. The second kappa shape index (κ2) is 3.32. The van der Waals surface area contributed by atoms with Gasteiger partial charge in [-0.3, -0.25) is 0 Å². The summed E-state index contributed by atoms with van der Waals surface area (Å²) in [5.41, 5.74) is 4.63. The van der Waals surface area contributed by atoms with Crippen molar-refractivity contribution in [1.29, 1.82) is 0 Å². The average molecular weight is 282 g/mol. The molecule has 1 saturated carbocycles. The van der Waals surface area contributed by atoms with Gasteiger partial charge in [0.25, 0.3) is 0 Å². The predicted molar refractivity (Wildman–Crippen MR) is 78.8 cm³/mol. The van der Waals surface area contributed by atoms with Crippen molar-refractivity contribution in [1.82, 2.24) is 9.97 Å². The molecule has 4 heteroatoms. The van der Waals surface area contributed by atoms with Crippen molar-refractivity contribution in [3.63, 3.8) is 0 Å². The molecule has 2 aliphatic carbocycles. The van der Waals surface area contributed by atoms with E-state index >= 15 is 0 Å². The van der Waals surface area contributed by atoms with Gasteiger partial charge in [0.2, 0.25) is 6.79 Å². The summed E-state index contributed by atoms with van der Waals surface area (Å²) in [4.78, 5) is 9.94. The van der Waals surface area contributed by atoms with E-state index in [0.717, 1.165) is 22.5 Å². The van der Waals surface area contributed by atoms with E-state index in [1.807, 2.05) is 12.1 Å². The summed E-state index contributed by atoms with van der Waals surface area (Å²) in [5.74, 6) is 2.09. The Labute approximate surface area is 123 Å². The Kier molecular flexibility index (Phi) is 1.86. The third kappa shape index (κ3) is 1.19. The van der Waals surface area contributed by atoms with Crippen LogP contribution in [0.15, 0.2) is 12.1 Å². The van der Waals surface area contributed by atoms with Crippen LogP contribution < -0.4 is 9.47 Å². The monoisotopic (exact) mass is 282 g/mol. The minimum absolute atomic E-state index is 0.143. The molecule has 1 aromatic carbocycles. The van der Waals surface area contributed by atoms with Gasteiger partial charge in [-0.25, -0.2) is 9.97 Å². The fourth-order valence-electron chi connectivity index (χ4n) is 4.51. The summed E-state index contributed by atoms with van der Waals surface area (Å²) in [6, 6.07) is 3.93. The summed E-state index contributed by atoms with van der Waals surface area (Å²) in [6.07, 6.45) is 2.43. The zero-order valence-electron chi connectivity index (χ0n) is 12.6. The molecule has 0 radical (unpaired) electrons. The van der Waals surface area contributed by atoms with Crippen molar-refractivity contribution in [3.8, 4) is 11.5 Å². The molecule has 0 saturated heterocycles. The SMILES string of the molecule is CC12CCC(c3nc4cc5c(cc4nc31)OCO5)C2(C)C. The van der Waals surface area contributed by atoms with E-state index in [1.165, 1.54) is 24.2 Å². The third-order valence-electron chi connectivity index (χ3n) is 6.26. The molecular formula is C17H18N2O2. The Hall–Kier alpha value is -1.84. The van der Waals surface area contributed by atoms with E-state index in [1.54, 1.807) is 0 Å². The van der Waals surface area contributed by atoms with Gasteiger partial charge in [-0.1, -0.05) is 20.8 Å². The van der Waals surface area contributed by atoms with Crippen LogP contribution in [0.2, 0.25) is 0 Å². The standard InChI is InChI=1S/C17H18N2O2/c1-16(2)9-4-5-17(16,3)15-14(9)18-10-6-12-13(21-8-20-12)7-11(10)19-15/h6-7,9H,4-5,8H2,1-3H3. The predicted octanol–water partition coefficient (Wildman–Crippen LogP) is 3.53. The van der Waals surface area contributed by atoms with Gasteiger partial charge in [0.1, 0.15) is 0 Å². The minimum atomic E-state index is 0.143. The highest BCUT2D eigenvalue weighted by Crippen LogP contribution is 2.66. The maximum absolute atomic E-state index is 5.46. The highest BCUT2D eigenvalue weighted by Gasteiger charge is 2.61. The van der Waals surface area contributed by atoms with Gasteiger partial charge < -0.3 is 9.47 Å². The van der Waals surface area contributed by atoms with E-state index in [0.29, 0.717) is 12.7 Å². The lowest BCUT2D eigenvalue weighted by atomic mass is 9.70. The smallest absolute Gasteiger partial charge is 0.231 e. The van der Waals surface area contributed by atoms with Crippen LogP contribution in [0.25, 0.3) is 11.0 Å². The highest BCUT2D eigenvalue weighted by atomic mass is 16.7. The molecule has 0 amide bonds. The normalized spacial score (nSPS) is 30.9. The molecule has 2 bridgehead atoms. The Morgan fingerprint density at radius 1 is 1.05 bits per heavy atom. The fraction of sp³-hybridized carbons (Fsp3) is 0.529. The molecule has 0 N–H and O–H groups in total. The van der Waals surface area contributed by atoms with Crippen molar-refractivity contribution < 1.29 is 9.47 Å². The van der Waals surface area contributed by atoms with Crippen LogP contribution in [0.4, 0.5) is 0 Å². The molecule has 5 rings (SSSR count). The lowest BCUT2D eigenvalue weighted by Crippen LogP contribution is -2.31. The molecule has 108 valence electrons. The van der Waals surface area contributed by atoms with Crippen molar-refractivity contribution in [3.05, 3.63) is 23.5 Å². The van der Waals surface area contributed by atoms with Gasteiger partial charge in [0.05, 0.1) is 22.4 Å². The first kappa shape index (κ1) is 11.8. The van der Waals surface area contributed by atoms with Crippen LogP contribution in [0.5, 0.6) is 11.5 Å². The summed E-state index contributed by atoms with van der Waals surface area (Å²) in [5, 5.41) is 0. The van der Waals surface area contributed by atoms with Crippen LogP contribution in [0.1, 0.15) is 50.9 Å². The van der Waals surface area contributed by atoms with Crippen LogP contribution >= 0.6 is 0 Å². The quantitative estimate of drug-likeness (QED) is 0.741. The van der Waals surface area contributed by atoms with Gasteiger partial charge in [0, 0.05) is 23.5 Å². The maximum atomic E-state index is 5.46. The first-order valence-corrected chi connectivity index (χ1v) is 7.62. The van der Waals surface area contributed by atoms with Crippen molar-refractivity contribution in [2.45, 2.75) is 44.9 Å². The van der Waals surface area contributed by atoms with E-state index < -0.39 is 0 Å².